The van der Waals surface area contributed by atoms with Crippen LogP contribution in [-0.4, -0.2) is 47.2 Å². The fraction of sp³-hybridized carbons (Fsp3) is 0.364. The molecule has 9 heteroatoms. The van der Waals surface area contributed by atoms with Crippen molar-refractivity contribution >= 4 is 33.7 Å². The molecule has 1 heterocycles. The van der Waals surface area contributed by atoms with Crippen LogP contribution < -0.4 is 10.6 Å². The van der Waals surface area contributed by atoms with Gasteiger partial charge in [-0.2, -0.15) is 0 Å². The van der Waals surface area contributed by atoms with Crippen LogP contribution in [0.1, 0.15) is 17.0 Å². The van der Waals surface area contributed by atoms with Crippen molar-refractivity contribution in [1.82, 2.24) is 10.6 Å². The minimum absolute atomic E-state index is 0.00549. The van der Waals surface area contributed by atoms with E-state index in [1.54, 1.807) is 6.07 Å². The van der Waals surface area contributed by atoms with Gasteiger partial charge in [-0.3, -0.25) is 9.59 Å². The molecule has 20 heavy (non-hydrogen) atoms. The average Bonchev–Trinajstić information content (AvgIpc) is 2.82. The Morgan fingerprint density at radius 1 is 1.30 bits per heavy atom. The van der Waals surface area contributed by atoms with Gasteiger partial charge in [0.25, 0.3) is 5.91 Å². The number of nitrogens with one attached hydrogen (secondary N) is 2. The van der Waals surface area contributed by atoms with Gasteiger partial charge >= 0.3 is 5.97 Å². The first-order valence-corrected chi connectivity index (χ1v) is 6.40. The molecular formula is C11H13BrN2O6. The molecule has 1 aromatic heterocycles. The van der Waals surface area contributed by atoms with Crippen LogP contribution in [0.15, 0.2) is 21.2 Å². The molecule has 0 bridgehead atoms. The Balaban J connectivity index is 2.23. The molecule has 0 spiro atoms. The first-order valence-electron chi connectivity index (χ1n) is 5.61. The zero-order valence-electron chi connectivity index (χ0n) is 10.3. The summed E-state index contributed by atoms with van der Waals surface area (Å²) in [5.41, 5.74) is 0. The minimum Gasteiger partial charge on any atom is -0.479 e. The molecule has 4 N–H and O–H groups in total. The molecule has 0 aliphatic carbocycles. The highest BCUT2D eigenvalue weighted by Crippen LogP contribution is 2.13. The summed E-state index contributed by atoms with van der Waals surface area (Å²) in [7, 11) is 0. The van der Waals surface area contributed by atoms with Crippen molar-refractivity contribution in [3.05, 3.63) is 22.6 Å². The number of hydrogen-bond donors (Lipinski definition) is 4. The summed E-state index contributed by atoms with van der Waals surface area (Å²) in [6, 6.07) is 2.99. The van der Waals surface area contributed by atoms with Crippen molar-refractivity contribution in [3.63, 3.8) is 0 Å². The third kappa shape index (κ3) is 5.41. The van der Waals surface area contributed by atoms with Gasteiger partial charge in [0.1, 0.15) is 0 Å². The molecular weight excluding hydrogens is 336 g/mol. The Kier molecular flexibility index (Phi) is 6.19. The molecule has 1 aromatic rings. The van der Waals surface area contributed by atoms with Gasteiger partial charge in [0, 0.05) is 13.0 Å². The van der Waals surface area contributed by atoms with Crippen molar-refractivity contribution in [3.8, 4) is 0 Å². The summed E-state index contributed by atoms with van der Waals surface area (Å²) < 4.78 is 5.39. The quantitative estimate of drug-likeness (QED) is 0.536. The molecule has 1 atom stereocenters. The Bertz CT molecular complexity index is 501. The fourth-order valence-electron chi connectivity index (χ4n) is 1.22. The fourth-order valence-corrected chi connectivity index (χ4v) is 1.52. The first-order chi connectivity index (χ1) is 9.40. The molecule has 0 saturated heterocycles. The van der Waals surface area contributed by atoms with E-state index < -0.39 is 23.9 Å². The number of amides is 2. The monoisotopic (exact) mass is 348 g/mol. The third-order valence-corrected chi connectivity index (χ3v) is 2.66. The Labute approximate surface area is 122 Å². The van der Waals surface area contributed by atoms with Crippen LogP contribution in [0.5, 0.6) is 0 Å². The zero-order chi connectivity index (χ0) is 15.1. The summed E-state index contributed by atoms with van der Waals surface area (Å²) in [4.78, 5) is 33.2. The molecule has 0 aromatic carbocycles. The van der Waals surface area contributed by atoms with Gasteiger partial charge in [0.05, 0.1) is 6.54 Å². The lowest BCUT2D eigenvalue weighted by Gasteiger charge is -2.07. The first kappa shape index (κ1) is 16.2. The maximum Gasteiger partial charge on any atom is 0.332 e. The van der Waals surface area contributed by atoms with Crippen LogP contribution in [0.25, 0.3) is 0 Å². The predicted octanol–water partition coefficient (Wildman–Crippen LogP) is -0.276. The van der Waals surface area contributed by atoms with Crippen LogP contribution in [0, 0.1) is 0 Å². The zero-order valence-corrected chi connectivity index (χ0v) is 11.8. The number of carbonyl (C=O) groups is 3. The highest BCUT2D eigenvalue weighted by Gasteiger charge is 2.14. The lowest BCUT2D eigenvalue weighted by atomic mass is 10.2. The SMILES string of the molecule is O=C(CNC(=O)c1ccc(Br)o1)NCC[C@H](O)C(=O)O. The Morgan fingerprint density at radius 2 is 2.00 bits per heavy atom. The van der Waals surface area contributed by atoms with E-state index in [4.69, 9.17) is 14.6 Å². The van der Waals surface area contributed by atoms with Gasteiger partial charge in [-0.05, 0) is 28.1 Å². The molecule has 110 valence electrons. The van der Waals surface area contributed by atoms with Crippen LogP contribution in [0.2, 0.25) is 0 Å². The molecule has 1 rings (SSSR count). The van der Waals surface area contributed by atoms with Crippen molar-refractivity contribution < 1.29 is 29.0 Å². The van der Waals surface area contributed by atoms with Crippen molar-refractivity contribution in [2.75, 3.05) is 13.1 Å². The standard InChI is InChI=1S/C11H13BrN2O6/c12-8-2-1-7(20-8)10(17)14-5-9(16)13-4-3-6(15)11(18)19/h1-2,6,15H,3-5H2,(H,13,16)(H,14,17)(H,18,19)/t6-/m0/s1. The van der Waals surface area contributed by atoms with E-state index in [2.05, 4.69) is 26.6 Å². The predicted molar refractivity (Wildman–Crippen MR) is 70.0 cm³/mol. The summed E-state index contributed by atoms with van der Waals surface area (Å²) in [5.74, 6) is -2.33. The Hall–Kier alpha value is -1.87. The third-order valence-electron chi connectivity index (χ3n) is 2.23. The number of furan rings is 1. The van der Waals surface area contributed by atoms with E-state index in [-0.39, 0.29) is 25.3 Å². The topological polar surface area (TPSA) is 129 Å². The Morgan fingerprint density at radius 3 is 2.55 bits per heavy atom. The number of aliphatic carboxylic acids is 1. The van der Waals surface area contributed by atoms with Gasteiger partial charge in [-0.25, -0.2) is 4.79 Å². The van der Waals surface area contributed by atoms with E-state index in [1.807, 2.05) is 0 Å². The van der Waals surface area contributed by atoms with Crippen LogP contribution in [0.3, 0.4) is 0 Å². The number of halogens is 1. The van der Waals surface area contributed by atoms with Gasteiger partial charge in [-0.1, -0.05) is 0 Å². The molecule has 0 aliphatic rings. The van der Waals surface area contributed by atoms with Gasteiger partial charge in [-0.15, -0.1) is 0 Å². The lowest BCUT2D eigenvalue weighted by molar-refractivity contribution is -0.147. The largest absolute Gasteiger partial charge is 0.479 e. The number of carbonyl (C=O) groups excluding carboxylic acids is 2. The molecule has 0 radical (unpaired) electrons. The number of carboxylic acids is 1. The second kappa shape index (κ2) is 7.65. The van der Waals surface area contributed by atoms with E-state index in [9.17, 15) is 14.4 Å². The normalized spacial score (nSPS) is 11.7. The molecule has 0 fully saturated rings. The van der Waals surface area contributed by atoms with Gasteiger partial charge < -0.3 is 25.3 Å². The van der Waals surface area contributed by atoms with Crippen LogP contribution in [-0.2, 0) is 9.59 Å². The summed E-state index contributed by atoms with van der Waals surface area (Å²) in [6.07, 6.45) is -1.63. The summed E-state index contributed by atoms with van der Waals surface area (Å²) in [5, 5.41) is 22.1. The average molecular weight is 349 g/mol. The molecule has 2 amide bonds. The second-order valence-electron chi connectivity index (χ2n) is 3.78. The minimum atomic E-state index is -1.52. The van der Waals surface area contributed by atoms with E-state index in [1.165, 1.54) is 6.07 Å². The van der Waals surface area contributed by atoms with Crippen molar-refractivity contribution in [2.24, 2.45) is 0 Å². The van der Waals surface area contributed by atoms with E-state index in [0.717, 1.165) is 0 Å². The highest BCUT2D eigenvalue weighted by atomic mass is 79.9. The molecule has 0 saturated carbocycles. The number of hydrogen-bond acceptors (Lipinski definition) is 5. The summed E-state index contributed by atoms with van der Waals surface area (Å²) in [6.45, 7) is -0.283. The van der Waals surface area contributed by atoms with E-state index >= 15 is 0 Å². The number of aliphatic hydroxyl groups is 1. The molecule has 8 nitrogen and oxygen atoms in total. The highest BCUT2D eigenvalue weighted by molar-refractivity contribution is 9.10. The van der Waals surface area contributed by atoms with Crippen molar-refractivity contribution in [2.45, 2.75) is 12.5 Å². The van der Waals surface area contributed by atoms with E-state index in [0.29, 0.717) is 4.67 Å². The maximum atomic E-state index is 11.5. The van der Waals surface area contributed by atoms with Crippen LogP contribution >= 0.6 is 15.9 Å². The van der Waals surface area contributed by atoms with Crippen molar-refractivity contribution in [1.29, 1.82) is 0 Å². The number of rotatable bonds is 7. The number of aliphatic hydroxyl groups excluding tert-OH is 1. The molecule has 0 unspecified atom stereocenters. The smallest absolute Gasteiger partial charge is 0.332 e. The lowest BCUT2D eigenvalue weighted by Crippen LogP contribution is -2.38. The van der Waals surface area contributed by atoms with Gasteiger partial charge in [0.2, 0.25) is 5.91 Å². The summed E-state index contributed by atoms with van der Waals surface area (Å²) >= 11 is 3.04. The second-order valence-corrected chi connectivity index (χ2v) is 4.56. The van der Waals surface area contributed by atoms with Crippen LogP contribution in [0.4, 0.5) is 0 Å². The molecule has 0 aliphatic heterocycles. The number of carboxylic acid groups (broad SMARTS) is 1. The maximum absolute atomic E-state index is 11.5. The van der Waals surface area contributed by atoms with Gasteiger partial charge in [0.15, 0.2) is 16.5 Å².